The first-order valence-electron chi connectivity index (χ1n) is 8.45. The Morgan fingerprint density at radius 1 is 0.760 bits per heavy atom. The Balaban J connectivity index is 0.000000701. The molecule has 0 spiro atoms. The molecule has 3 aromatic rings. The molecule has 0 aliphatic heterocycles. The number of hydrogen-bond donors (Lipinski definition) is 1. The SMILES string of the molecule is CCO.Cc1ccccc1C(=O)c1ccc(-c2ccccc2)cc1C. The van der Waals surface area contributed by atoms with Crippen LogP contribution in [0.15, 0.2) is 72.8 Å². The lowest BCUT2D eigenvalue weighted by Gasteiger charge is -2.10. The van der Waals surface area contributed by atoms with Crippen LogP contribution in [0.4, 0.5) is 0 Å². The minimum Gasteiger partial charge on any atom is -0.397 e. The van der Waals surface area contributed by atoms with E-state index in [0.29, 0.717) is 0 Å². The Morgan fingerprint density at radius 2 is 1.32 bits per heavy atom. The van der Waals surface area contributed by atoms with Gasteiger partial charge in [0.15, 0.2) is 5.78 Å². The molecule has 0 radical (unpaired) electrons. The van der Waals surface area contributed by atoms with Crippen molar-refractivity contribution in [2.45, 2.75) is 20.8 Å². The molecule has 0 saturated carbocycles. The fourth-order valence-electron chi connectivity index (χ4n) is 2.70. The van der Waals surface area contributed by atoms with Crippen molar-refractivity contribution in [3.63, 3.8) is 0 Å². The van der Waals surface area contributed by atoms with Gasteiger partial charge in [0.1, 0.15) is 0 Å². The van der Waals surface area contributed by atoms with E-state index in [1.54, 1.807) is 6.92 Å². The predicted molar refractivity (Wildman–Crippen MR) is 104 cm³/mol. The van der Waals surface area contributed by atoms with Crippen molar-refractivity contribution in [3.05, 3.63) is 95.1 Å². The molecule has 1 N–H and O–H groups in total. The minimum absolute atomic E-state index is 0.0928. The Kier molecular flexibility index (Phi) is 6.67. The van der Waals surface area contributed by atoms with Crippen molar-refractivity contribution in [2.75, 3.05) is 6.61 Å². The van der Waals surface area contributed by atoms with Gasteiger partial charge in [0, 0.05) is 17.7 Å². The average molecular weight is 332 g/mol. The van der Waals surface area contributed by atoms with Gasteiger partial charge in [-0.1, -0.05) is 72.8 Å². The van der Waals surface area contributed by atoms with E-state index in [4.69, 9.17) is 5.11 Å². The zero-order valence-corrected chi connectivity index (χ0v) is 15.0. The number of hydrogen-bond acceptors (Lipinski definition) is 2. The summed E-state index contributed by atoms with van der Waals surface area (Å²) in [6.07, 6.45) is 0. The largest absolute Gasteiger partial charge is 0.397 e. The molecule has 0 amide bonds. The van der Waals surface area contributed by atoms with E-state index in [-0.39, 0.29) is 12.4 Å². The molecule has 0 saturated heterocycles. The van der Waals surface area contributed by atoms with Gasteiger partial charge >= 0.3 is 0 Å². The zero-order chi connectivity index (χ0) is 18.2. The molecule has 0 aromatic heterocycles. The average Bonchev–Trinajstić information content (AvgIpc) is 2.63. The molecular weight excluding hydrogens is 308 g/mol. The highest BCUT2D eigenvalue weighted by Crippen LogP contribution is 2.24. The van der Waals surface area contributed by atoms with E-state index in [1.807, 2.05) is 68.4 Å². The van der Waals surface area contributed by atoms with Crippen LogP contribution in [0.3, 0.4) is 0 Å². The van der Waals surface area contributed by atoms with Crippen LogP contribution < -0.4 is 0 Å². The van der Waals surface area contributed by atoms with Gasteiger partial charge in [-0.2, -0.15) is 0 Å². The predicted octanol–water partition coefficient (Wildman–Crippen LogP) is 5.20. The van der Waals surface area contributed by atoms with Crippen LogP contribution in [-0.4, -0.2) is 17.5 Å². The first-order valence-corrected chi connectivity index (χ1v) is 8.45. The molecule has 0 aliphatic rings. The lowest BCUT2D eigenvalue weighted by Crippen LogP contribution is -2.05. The number of rotatable bonds is 3. The maximum absolute atomic E-state index is 12.7. The van der Waals surface area contributed by atoms with Crippen LogP contribution in [0, 0.1) is 13.8 Å². The number of aryl methyl sites for hydroxylation is 2. The number of aliphatic hydroxyl groups excluding tert-OH is 1. The van der Waals surface area contributed by atoms with Crippen molar-refractivity contribution >= 4 is 5.78 Å². The minimum atomic E-state index is 0.0928. The van der Waals surface area contributed by atoms with Crippen LogP contribution in [0.5, 0.6) is 0 Å². The van der Waals surface area contributed by atoms with E-state index >= 15 is 0 Å². The monoisotopic (exact) mass is 332 g/mol. The Labute approximate surface area is 149 Å². The first-order chi connectivity index (χ1) is 12.1. The third-order valence-corrected chi connectivity index (χ3v) is 3.97. The van der Waals surface area contributed by atoms with Gasteiger partial charge in [-0.05, 0) is 43.0 Å². The van der Waals surface area contributed by atoms with Crippen molar-refractivity contribution < 1.29 is 9.90 Å². The van der Waals surface area contributed by atoms with Crippen LogP contribution in [0.25, 0.3) is 11.1 Å². The number of carbonyl (C=O) groups is 1. The second kappa shape index (κ2) is 8.95. The van der Waals surface area contributed by atoms with E-state index in [1.165, 1.54) is 5.56 Å². The Morgan fingerprint density at radius 3 is 1.92 bits per heavy atom. The molecule has 3 rings (SSSR count). The summed E-state index contributed by atoms with van der Waals surface area (Å²) >= 11 is 0. The summed E-state index contributed by atoms with van der Waals surface area (Å²) in [4.78, 5) is 12.7. The van der Waals surface area contributed by atoms with Gasteiger partial charge in [-0.25, -0.2) is 0 Å². The fraction of sp³-hybridized carbons (Fsp3) is 0.174. The summed E-state index contributed by atoms with van der Waals surface area (Å²) in [5, 5.41) is 7.57. The lowest BCUT2D eigenvalue weighted by atomic mass is 9.93. The quantitative estimate of drug-likeness (QED) is 0.669. The molecule has 3 aromatic carbocycles. The van der Waals surface area contributed by atoms with Gasteiger partial charge in [-0.15, -0.1) is 0 Å². The number of carbonyl (C=O) groups excluding carboxylic acids is 1. The summed E-state index contributed by atoms with van der Waals surface area (Å²) in [7, 11) is 0. The molecule has 128 valence electrons. The zero-order valence-electron chi connectivity index (χ0n) is 15.0. The van der Waals surface area contributed by atoms with E-state index in [2.05, 4.69) is 18.2 Å². The summed E-state index contributed by atoms with van der Waals surface area (Å²) in [5.41, 5.74) is 5.88. The number of aliphatic hydroxyl groups is 1. The second-order valence-corrected chi connectivity index (χ2v) is 5.86. The van der Waals surface area contributed by atoms with Gasteiger partial charge in [-0.3, -0.25) is 4.79 Å². The molecule has 0 atom stereocenters. The molecule has 0 unspecified atom stereocenters. The second-order valence-electron chi connectivity index (χ2n) is 5.86. The van der Waals surface area contributed by atoms with Gasteiger partial charge < -0.3 is 5.11 Å². The summed E-state index contributed by atoms with van der Waals surface area (Å²) < 4.78 is 0. The van der Waals surface area contributed by atoms with E-state index < -0.39 is 0 Å². The van der Waals surface area contributed by atoms with Crippen LogP contribution in [-0.2, 0) is 0 Å². The van der Waals surface area contributed by atoms with E-state index in [0.717, 1.165) is 27.8 Å². The number of ketones is 1. The highest BCUT2D eigenvalue weighted by Gasteiger charge is 2.14. The summed E-state index contributed by atoms with van der Waals surface area (Å²) in [6.45, 7) is 5.90. The molecule has 0 aliphatic carbocycles. The third kappa shape index (κ3) is 4.65. The molecule has 0 heterocycles. The lowest BCUT2D eigenvalue weighted by molar-refractivity contribution is 0.103. The van der Waals surface area contributed by atoms with Crippen molar-refractivity contribution in [1.29, 1.82) is 0 Å². The third-order valence-electron chi connectivity index (χ3n) is 3.97. The van der Waals surface area contributed by atoms with Crippen molar-refractivity contribution in [1.82, 2.24) is 0 Å². The first kappa shape index (κ1) is 18.6. The normalized spacial score (nSPS) is 9.92. The molecular formula is C23H24O2. The van der Waals surface area contributed by atoms with Crippen LogP contribution >= 0.6 is 0 Å². The summed E-state index contributed by atoms with van der Waals surface area (Å²) in [6, 6.07) is 24.0. The Hall–Kier alpha value is -2.71. The number of benzene rings is 3. The van der Waals surface area contributed by atoms with Gasteiger partial charge in [0.25, 0.3) is 0 Å². The molecule has 2 nitrogen and oxygen atoms in total. The highest BCUT2D eigenvalue weighted by atomic mass is 16.2. The standard InChI is InChI=1S/C21H18O.C2H6O/c1-15-8-6-7-11-19(15)21(22)20-13-12-18(14-16(20)2)17-9-4-3-5-10-17;1-2-3/h3-14H,1-2H3;3H,2H2,1H3. The van der Waals surface area contributed by atoms with E-state index in [9.17, 15) is 4.79 Å². The summed E-state index contributed by atoms with van der Waals surface area (Å²) in [5.74, 6) is 0.0928. The molecule has 2 heteroatoms. The van der Waals surface area contributed by atoms with Crippen LogP contribution in [0.2, 0.25) is 0 Å². The van der Waals surface area contributed by atoms with Crippen LogP contribution in [0.1, 0.15) is 34.0 Å². The molecule has 0 bridgehead atoms. The molecule has 0 fully saturated rings. The van der Waals surface area contributed by atoms with Gasteiger partial charge in [0.2, 0.25) is 0 Å². The smallest absolute Gasteiger partial charge is 0.193 e. The molecule has 25 heavy (non-hydrogen) atoms. The maximum atomic E-state index is 12.7. The van der Waals surface area contributed by atoms with Gasteiger partial charge in [0.05, 0.1) is 0 Å². The van der Waals surface area contributed by atoms with Crippen molar-refractivity contribution in [3.8, 4) is 11.1 Å². The fourth-order valence-corrected chi connectivity index (χ4v) is 2.70. The highest BCUT2D eigenvalue weighted by molar-refractivity contribution is 6.11. The Bertz CT molecular complexity index is 836. The topological polar surface area (TPSA) is 37.3 Å². The maximum Gasteiger partial charge on any atom is 0.193 e. The van der Waals surface area contributed by atoms with Crippen molar-refractivity contribution in [2.24, 2.45) is 0 Å².